The van der Waals surface area contributed by atoms with Crippen molar-refractivity contribution in [2.45, 2.75) is 57.0 Å². The second-order valence-corrected chi connectivity index (χ2v) is 9.02. The van der Waals surface area contributed by atoms with Crippen LogP contribution in [0.4, 0.5) is 0 Å². The lowest BCUT2D eigenvalue weighted by Crippen LogP contribution is -2.29. The highest BCUT2D eigenvalue weighted by Crippen LogP contribution is 2.29. The number of hydrogen-bond donors (Lipinski definition) is 3. The summed E-state index contributed by atoms with van der Waals surface area (Å²) in [5.41, 5.74) is 0. The predicted octanol–water partition coefficient (Wildman–Crippen LogP) is 0.665. The van der Waals surface area contributed by atoms with Gasteiger partial charge in [-0.2, -0.15) is 0 Å². The van der Waals surface area contributed by atoms with Gasteiger partial charge in [-0.15, -0.1) is 0 Å². The summed E-state index contributed by atoms with van der Waals surface area (Å²) >= 11 is 0. The number of rotatable bonds is 21. The molecular formula is C26H42O12. The minimum Gasteiger partial charge on any atom is -0.463 e. The van der Waals surface area contributed by atoms with Gasteiger partial charge in [-0.3, -0.25) is 4.79 Å². The Morgan fingerprint density at radius 2 is 1.24 bits per heavy atom. The van der Waals surface area contributed by atoms with E-state index in [-0.39, 0.29) is 52.5 Å². The molecule has 0 aromatic rings. The molecule has 0 aromatic heterocycles. The van der Waals surface area contributed by atoms with Gasteiger partial charge < -0.3 is 43.7 Å². The first-order valence-electron chi connectivity index (χ1n) is 12.8. The van der Waals surface area contributed by atoms with Gasteiger partial charge in [-0.25, -0.2) is 9.59 Å². The fourth-order valence-electron chi connectivity index (χ4n) is 3.58. The van der Waals surface area contributed by atoms with Crippen molar-refractivity contribution in [3.8, 4) is 0 Å². The molecule has 12 heteroatoms. The van der Waals surface area contributed by atoms with E-state index in [1.54, 1.807) is 0 Å². The normalized spacial score (nSPS) is 19.6. The fourth-order valence-corrected chi connectivity index (χ4v) is 3.58. The van der Waals surface area contributed by atoms with Gasteiger partial charge in [0.25, 0.3) is 0 Å². The van der Waals surface area contributed by atoms with E-state index in [0.717, 1.165) is 37.8 Å². The highest BCUT2D eigenvalue weighted by Gasteiger charge is 2.22. The molecule has 3 unspecified atom stereocenters. The van der Waals surface area contributed by atoms with Crippen molar-refractivity contribution in [1.29, 1.82) is 0 Å². The Balaban J connectivity index is 2.02. The van der Waals surface area contributed by atoms with Gasteiger partial charge in [0.2, 0.25) is 0 Å². The average molecular weight is 547 g/mol. The van der Waals surface area contributed by atoms with Crippen molar-refractivity contribution in [2.75, 3.05) is 52.9 Å². The molecule has 0 aliphatic heterocycles. The van der Waals surface area contributed by atoms with Gasteiger partial charge in [0.15, 0.2) is 6.29 Å². The molecule has 1 aliphatic carbocycles. The molecule has 1 fully saturated rings. The topological polar surface area (TPSA) is 167 Å². The second kappa shape index (κ2) is 20.6. The zero-order chi connectivity index (χ0) is 28.2. The molecule has 3 N–H and O–H groups in total. The zero-order valence-electron chi connectivity index (χ0n) is 21.9. The summed E-state index contributed by atoms with van der Waals surface area (Å²) < 4.78 is 30.7. The van der Waals surface area contributed by atoms with Crippen LogP contribution in [0.2, 0.25) is 0 Å². The first-order valence-corrected chi connectivity index (χ1v) is 12.8. The van der Waals surface area contributed by atoms with Crippen molar-refractivity contribution >= 4 is 17.9 Å². The third-order valence-electron chi connectivity index (χ3n) is 5.70. The van der Waals surface area contributed by atoms with Crippen LogP contribution in [0, 0.1) is 11.8 Å². The summed E-state index contributed by atoms with van der Waals surface area (Å²) in [5.74, 6) is -1.03. The van der Waals surface area contributed by atoms with Crippen molar-refractivity contribution in [3.63, 3.8) is 0 Å². The number of hydrogen-bond acceptors (Lipinski definition) is 12. The van der Waals surface area contributed by atoms with Gasteiger partial charge in [0, 0.05) is 31.8 Å². The van der Waals surface area contributed by atoms with Crippen LogP contribution in [0.5, 0.6) is 0 Å². The van der Waals surface area contributed by atoms with Crippen molar-refractivity contribution in [3.05, 3.63) is 25.3 Å². The SMILES string of the molecule is C=CC(=O)OCCC(=O)OCC(O)COCC1CCC(COCC(O)COC(O)CCOC(=O)C=C)CC1. The average Bonchev–Trinajstić information content (AvgIpc) is 2.91. The fraction of sp³-hybridized carbons (Fsp3) is 0.731. The molecule has 0 amide bonds. The van der Waals surface area contributed by atoms with E-state index >= 15 is 0 Å². The maximum Gasteiger partial charge on any atom is 0.330 e. The predicted molar refractivity (Wildman–Crippen MR) is 134 cm³/mol. The molecule has 38 heavy (non-hydrogen) atoms. The first kappa shape index (κ1) is 33.7. The number of carbonyl (C=O) groups excluding carboxylic acids is 3. The summed E-state index contributed by atoms with van der Waals surface area (Å²) in [6.07, 6.45) is 2.86. The van der Waals surface area contributed by atoms with Crippen molar-refractivity contribution in [1.82, 2.24) is 0 Å². The van der Waals surface area contributed by atoms with E-state index in [9.17, 15) is 29.7 Å². The number of carbonyl (C=O) groups is 3. The lowest BCUT2D eigenvalue weighted by Gasteiger charge is -2.28. The van der Waals surface area contributed by atoms with Crippen LogP contribution in [0.15, 0.2) is 25.3 Å². The Hall–Kier alpha value is -2.35. The third kappa shape index (κ3) is 17.2. The van der Waals surface area contributed by atoms with Crippen LogP contribution < -0.4 is 0 Å². The molecule has 12 nitrogen and oxygen atoms in total. The number of esters is 3. The van der Waals surface area contributed by atoms with Crippen LogP contribution >= 0.6 is 0 Å². The molecule has 1 aliphatic rings. The maximum absolute atomic E-state index is 11.6. The lowest BCUT2D eigenvalue weighted by atomic mass is 9.83. The molecule has 0 radical (unpaired) electrons. The highest BCUT2D eigenvalue weighted by molar-refractivity contribution is 5.81. The molecule has 1 rings (SSSR count). The molecule has 218 valence electrons. The van der Waals surface area contributed by atoms with E-state index in [1.165, 1.54) is 0 Å². The summed E-state index contributed by atoms with van der Waals surface area (Å²) in [6.45, 7) is 7.26. The van der Waals surface area contributed by atoms with Crippen molar-refractivity contribution < 1.29 is 58.1 Å². The van der Waals surface area contributed by atoms with Crippen LogP contribution in [-0.2, 0) is 42.8 Å². The van der Waals surface area contributed by atoms with E-state index < -0.39 is 36.4 Å². The minimum atomic E-state index is -1.16. The Labute approximate surface area is 223 Å². The first-order chi connectivity index (χ1) is 18.2. The summed E-state index contributed by atoms with van der Waals surface area (Å²) in [6, 6.07) is 0. The van der Waals surface area contributed by atoms with Crippen LogP contribution in [0.25, 0.3) is 0 Å². The van der Waals surface area contributed by atoms with E-state index in [1.807, 2.05) is 0 Å². The lowest BCUT2D eigenvalue weighted by molar-refractivity contribution is -0.152. The minimum absolute atomic E-state index is 0.0136. The molecular weight excluding hydrogens is 504 g/mol. The van der Waals surface area contributed by atoms with Crippen LogP contribution in [0.1, 0.15) is 38.5 Å². The van der Waals surface area contributed by atoms with Gasteiger partial charge >= 0.3 is 17.9 Å². The molecule has 0 heterocycles. The largest absolute Gasteiger partial charge is 0.463 e. The number of aliphatic hydroxyl groups is 3. The molecule has 0 bridgehead atoms. The second-order valence-electron chi connectivity index (χ2n) is 9.02. The quantitative estimate of drug-likeness (QED) is 0.0798. The molecule has 0 aromatic carbocycles. The number of ether oxygens (including phenoxy) is 6. The molecule has 0 saturated heterocycles. The molecule has 3 atom stereocenters. The van der Waals surface area contributed by atoms with Gasteiger partial charge in [0.05, 0.1) is 32.8 Å². The van der Waals surface area contributed by atoms with E-state index in [4.69, 9.17) is 23.7 Å². The number of aliphatic hydroxyl groups excluding tert-OH is 3. The standard InChI is InChI=1S/C26H42O12/c1-3-23(29)35-11-9-25(31)37-17-21(27)15-33-13-19-5-7-20(8-6-19)14-34-16-22(28)18-38-26(32)10-12-36-24(30)4-2/h3-4,19-22,25,27-28,31H,1-2,5-18H2. The highest BCUT2D eigenvalue weighted by atomic mass is 16.6. The van der Waals surface area contributed by atoms with E-state index in [0.29, 0.717) is 25.0 Å². The summed E-state index contributed by atoms with van der Waals surface area (Å²) in [7, 11) is 0. The van der Waals surface area contributed by atoms with Crippen LogP contribution in [0.3, 0.4) is 0 Å². The Morgan fingerprint density at radius 1 is 0.737 bits per heavy atom. The Kier molecular flexibility index (Phi) is 18.3. The molecule has 1 saturated carbocycles. The zero-order valence-corrected chi connectivity index (χ0v) is 21.9. The summed E-state index contributed by atoms with van der Waals surface area (Å²) in [4.78, 5) is 33.4. The Morgan fingerprint density at radius 3 is 1.76 bits per heavy atom. The molecule has 0 spiro atoms. The maximum atomic E-state index is 11.6. The van der Waals surface area contributed by atoms with Gasteiger partial charge in [-0.1, -0.05) is 13.2 Å². The summed E-state index contributed by atoms with van der Waals surface area (Å²) in [5, 5.41) is 29.5. The third-order valence-corrected chi connectivity index (χ3v) is 5.70. The van der Waals surface area contributed by atoms with Gasteiger partial charge in [-0.05, 0) is 37.5 Å². The monoisotopic (exact) mass is 546 g/mol. The van der Waals surface area contributed by atoms with E-state index in [2.05, 4.69) is 17.9 Å². The van der Waals surface area contributed by atoms with Crippen molar-refractivity contribution in [2.24, 2.45) is 11.8 Å². The van der Waals surface area contributed by atoms with Gasteiger partial charge in [0.1, 0.15) is 25.4 Å². The Bertz CT molecular complexity index is 704. The van der Waals surface area contributed by atoms with Crippen LogP contribution in [-0.4, -0.2) is 105 Å². The smallest absolute Gasteiger partial charge is 0.330 e.